The van der Waals surface area contributed by atoms with Gasteiger partial charge in [0, 0.05) is 47.0 Å². The summed E-state index contributed by atoms with van der Waals surface area (Å²) in [6.07, 6.45) is 1.02. The lowest BCUT2D eigenvalue weighted by molar-refractivity contribution is 0.549. The molecule has 4 aromatic carbocycles. The number of benzene rings is 4. The lowest BCUT2D eigenvalue weighted by Gasteiger charge is -2.20. The maximum atomic E-state index is 3.88. The molecule has 0 heterocycles. The van der Waals surface area contributed by atoms with Crippen LogP contribution in [0.15, 0.2) is 113 Å². The van der Waals surface area contributed by atoms with E-state index in [9.17, 15) is 0 Å². The topological polar surface area (TPSA) is 24.1 Å². The summed E-state index contributed by atoms with van der Waals surface area (Å²) in [4.78, 5) is 2.67. The second kappa shape index (κ2) is 15.0. The smallest absolute Gasteiger partial charge is 0.0211 e. The first-order valence-corrected chi connectivity index (χ1v) is 15.1. The molecule has 0 aliphatic carbocycles. The van der Waals surface area contributed by atoms with Crippen LogP contribution in [0.3, 0.4) is 0 Å². The van der Waals surface area contributed by atoms with Crippen LogP contribution in [-0.2, 0) is 19.5 Å². The summed E-state index contributed by atoms with van der Waals surface area (Å²) in [5.74, 6) is 2.10. The van der Waals surface area contributed by atoms with Crippen LogP contribution in [0.4, 0.5) is 0 Å². The molecule has 37 heavy (non-hydrogen) atoms. The molecule has 1 atom stereocenters. The molecular weight excluding hydrogens is 489 g/mol. The standard InChI is InChI=1S/C33H38N2S2/c1-26-12-16-32(17-13-26)36-21-20-34-23-29-10-6-7-11-30(29)24-35-31(22-28-8-4-3-5-9-28)25-37-33-18-14-27(2)15-19-33/h3-19,31,34-35H,20-25H2,1-2H3. The van der Waals surface area contributed by atoms with E-state index in [0.29, 0.717) is 6.04 Å². The van der Waals surface area contributed by atoms with Gasteiger partial charge in [-0.25, -0.2) is 0 Å². The highest BCUT2D eigenvalue weighted by molar-refractivity contribution is 7.99. The Morgan fingerprint density at radius 2 is 1.19 bits per heavy atom. The summed E-state index contributed by atoms with van der Waals surface area (Å²) >= 11 is 3.85. The first-order chi connectivity index (χ1) is 18.2. The Morgan fingerprint density at radius 1 is 0.622 bits per heavy atom. The summed E-state index contributed by atoms with van der Waals surface area (Å²) in [7, 11) is 0. The van der Waals surface area contributed by atoms with Crippen molar-refractivity contribution in [1.29, 1.82) is 0 Å². The Kier molecular flexibility index (Phi) is 11.2. The first kappa shape index (κ1) is 27.5. The second-order valence-electron chi connectivity index (χ2n) is 9.50. The molecule has 0 bridgehead atoms. The average molecular weight is 527 g/mol. The van der Waals surface area contributed by atoms with Crippen molar-refractivity contribution >= 4 is 23.5 Å². The molecule has 4 aromatic rings. The summed E-state index contributed by atoms with van der Waals surface area (Å²) in [5.41, 5.74) is 6.75. The minimum absolute atomic E-state index is 0.389. The molecule has 0 saturated heterocycles. The van der Waals surface area contributed by atoms with Crippen molar-refractivity contribution in [2.75, 3.05) is 18.1 Å². The van der Waals surface area contributed by atoms with Crippen molar-refractivity contribution in [3.63, 3.8) is 0 Å². The third kappa shape index (κ3) is 9.71. The van der Waals surface area contributed by atoms with E-state index < -0.39 is 0 Å². The molecule has 4 rings (SSSR count). The Bertz CT molecular complexity index is 1190. The fourth-order valence-corrected chi connectivity index (χ4v) is 5.94. The van der Waals surface area contributed by atoms with Crippen molar-refractivity contribution in [2.24, 2.45) is 0 Å². The maximum Gasteiger partial charge on any atom is 0.0211 e. The fourth-order valence-electron chi connectivity index (χ4n) is 4.18. The Labute approximate surface area is 231 Å². The summed E-state index contributed by atoms with van der Waals surface area (Å²) < 4.78 is 0. The predicted octanol–water partition coefficient (Wildman–Crippen LogP) is 7.68. The molecule has 192 valence electrons. The molecule has 0 spiro atoms. The van der Waals surface area contributed by atoms with E-state index in [1.807, 2.05) is 23.5 Å². The lowest BCUT2D eigenvalue weighted by Crippen LogP contribution is -2.33. The van der Waals surface area contributed by atoms with E-state index in [2.05, 4.69) is 128 Å². The maximum absolute atomic E-state index is 3.88. The van der Waals surface area contributed by atoms with E-state index in [4.69, 9.17) is 0 Å². The molecule has 0 amide bonds. The largest absolute Gasteiger partial charge is 0.312 e. The van der Waals surface area contributed by atoms with Crippen LogP contribution in [-0.4, -0.2) is 24.1 Å². The molecule has 0 saturated carbocycles. The normalized spacial score (nSPS) is 11.9. The molecule has 0 radical (unpaired) electrons. The highest BCUT2D eigenvalue weighted by Gasteiger charge is 2.12. The van der Waals surface area contributed by atoms with Gasteiger partial charge in [0.2, 0.25) is 0 Å². The zero-order valence-corrected chi connectivity index (χ0v) is 23.6. The van der Waals surface area contributed by atoms with Crippen molar-refractivity contribution in [2.45, 2.75) is 49.2 Å². The third-order valence-corrected chi connectivity index (χ3v) is 8.57. The van der Waals surface area contributed by atoms with Crippen LogP contribution < -0.4 is 10.6 Å². The van der Waals surface area contributed by atoms with E-state index in [0.717, 1.165) is 37.6 Å². The summed E-state index contributed by atoms with van der Waals surface area (Å²) in [6, 6.07) is 37.7. The molecule has 2 N–H and O–H groups in total. The number of hydrogen-bond donors (Lipinski definition) is 2. The average Bonchev–Trinajstić information content (AvgIpc) is 2.93. The fraction of sp³-hybridized carbons (Fsp3) is 0.273. The van der Waals surface area contributed by atoms with Crippen LogP contribution in [0.25, 0.3) is 0 Å². The van der Waals surface area contributed by atoms with E-state index in [1.165, 1.54) is 37.6 Å². The van der Waals surface area contributed by atoms with Gasteiger partial charge in [0.1, 0.15) is 0 Å². The number of aryl methyl sites for hydroxylation is 2. The van der Waals surface area contributed by atoms with Gasteiger partial charge in [-0.2, -0.15) is 0 Å². The van der Waals surface area contributed by atoms with Crippen LogP contribution >= 0.6 is 23.5 Å². The third-order valence-electron chi connectivity index (χ3n) is 6.38. The van der Waals surface area contributed by atoms with Gasteiger partial charge in [0.05, 0.1) is 0 Å². The Balaban J connectivity index is 1.29. The summed E-state index contributed by atoms with van der Waals surface area (Å²) in [5, 5.41) is 7.53. The molecule has 0 aromatic heterocycles. The van der Waals surface area contributed by atoms with Gasteiger partial charge in [-0.3, -0.25) is 0 Å². The first-order valence-electron chi connectivity index (χ1n) is 13.1. The van der Waals surface area contributed by atoms with Crippen molar-refractivity contribution < 1.29 is 0 Å². The van der Waals surface area contributed by atoms with Gasteiger partial charge in [-0.1, -0.05) is 90.0 Å². The minimum atomic E-state index is 0.389. The zero-order chi connectivity index (χ0) is 25.7. The number of rotatable bonds is 14. The highest BCUT2D eigenvalue weighted by atomic mass is 32.2. The molecule has 0 fully saturated rings. The van der Waals surface area contributed by atoms with Gasteiger partial charge < -0.3 is 10.6 Å². The van der Waals surface area contributed by atoms with Crippen LogP contribution in [0.2, 0.25) is 0 Å². The van der Waals surface area contributed by atoms with Gasteiger partial charge >= 0.3 is 0 Å². The monoisotopic (exact) mass is 526 g/mol. The minimum Gasteiger partial charge on any atom is -0.312 e. The molecule has 1 unspecified atom stereocenters. The quantitative estimate of drug-likeness (QED) is 0.130. The number of thioether (sulfide) groups is 2. The SMILES string of the molecule is Cc1ccc(SCCNCc2ccccc2CNC(CSc2ccc(C)cc2)Cc2ccccc2)cc1. The number of hydrogen-bond acceptors (Lipinski definition) is 4. The Hall–Kier alpha value is -2.50. The van der Waals surface area contributed by atoms with Crippen LogP contribution in [0.1, 0.15) is 27.8 Å². The molecular formula is C33H38N2S2. The zero-order valence-electron chi connectivity index (χ0n) is 22.0. The number of nitrogens with one attached hydrogen (secondary N) is 2. The highest BCUT2D eigenvalue weighted by Crippen LogP contribution is 2.21. The van der Waals surface area contributed by atoms with E-state index in [1.54, 1.807) is 0 Å². The molecule has 0 aliphatic rings. The molecule has 4 heteroatoms. The summed E-state index contributed by atoms with van der Waals surface area (Å²) in [6.45, 7) is 7.04. The second-order valence-corrected chi connectivity index (χ2v) is 11.8. The van der Waals surface area contributed by atoms with Gasteiger partial charge in [0.25, 0.3) is 0 Å². The van der Waals surface area contributed by atoms with Gasteiger partial charge in [-0.05, 0) is 61.2 Å². The lowest BCUT2D eigenvalue weighted by atomic mass is 10.0. The van der Waals surface area contributed by atoms with Gasteiger partial charge in [0.15, 0.2) is 0 Å². The molecule has 0 aliphatic heterocycles. The van der Waals surface area contributed by atoms with Crippen LogP contribution in [0.5, 0.6) is 0 Å². The van der Waals surface area contributed by atoms with Crippen LogP contribution in [0, 0.1) is 13.8 Å². The Morgan fingerprint density at radius 3 is 1.84 bits per heavy atom. The van der Waals surface area contributed by atoms with Gasteiger partial charge in [-0.15, -0.1) is 23.5 Å². The van der Waals surface area contributed by atoms with E-state index >= 15 is 0 Å². The van der Waals surface area contributed by atoms with Crippen molar-refractivity contribution in [1.82, 2.24) is 10.6 Å². The van der Waals surface area contributed by atoms with Crippen molar-refractivity contribution in [3.05, 3.63) is 131 Å². The molecule has 2 nitrogen and oxygen atoms in total. The van der Waals surface area contributed by atoms with E-state index in [-0.39, 0.29) is 0 Å². The predicted molar refractivity (Wildman–Crippen MR) is 163 cm³/mol. The van der Waals surface area contributed by atoms with Crippen molar-refractivity contribution in [3.8, 4) is 0 Å².